The third-order valence-electron chi connectivity index (χ3n) is 8.62. The van der Waals surface area contributed by atoms with E-state index in [4.69, 9.17) is 27.1 Å². The number of carbonyl (C=O) groups excluding carboxylic acids is 2. The normalized spacial score (nSPS) is 16.9. The number of nitrogens with one attached hydrogen (secondary N) is 1. The van der Waals surface area contributed by atoms with Crippen LogP contribution in [0, 0.1) is 5.41 Å². The van der Waals surface area contributed by atoms with Crippen LogP contribution in [0.4, 0.5) is 35.5 Å². The number of aliphatic imine (C=N–C) groups is 1. The van der Waals surface area contributed by atoms with Gasteiger partial charge in [0.25, 0.3) is 5.91 Å². The minimum Gasteiger partial charge on any atom is -0.447 e. The van der Waals surface area contributed by atoms with Crippen molar-refractivity contribution in [1.82, 2.24) is 34.8 Å². The van der Waals surface area contributed by atoms with Gasteiger partial charge in [0, 0.05) is 30.3 Å². The molecule has 2 aromatic heterocycles. The first kappa shape index (κ1) is 41.0. The quantitative estimate of drug-likeness (QED) is 0.0966. The molecule has 296 valence electrons. The molecule has 20 heteroatoms. The predicted molar refractivity (Wildman–Crippen MR) is 187 cm³/mol. The lowest BCUT2D eigenvalue weighted by atomic mass is 9.75. The minimum absolute atomic E-state index is 0.00458. The summed E-state index contributed by atoms with van der Waals surface area (Å²) in [6.07, 6.45) is -3.11. The van der Waals surface area contributed by atoms with Crippen molar-refractivity contribution in [3.05, 3.63) is 77.3 Å². The van der Waals surface area contributed by atoms with E-state index in [0.29, 0.717) is 26.1 Å². The Kier molecular flexibility index (Phi) is 12.1. The number of ether oxygens (including phenoxy) is 1. The van der Waals surface area contributed by atoms with E-state index in [2.05, 4.69) is 20.5 Å². The second kappa shape index (κ2) is 16.3. The smallest absolute Gasteiger partial charge is 0.407 e. The van der Waals surface area contributed by atoms with Crippen LogP contribution < -0.4 is 11.1 Å². The fraction of sp³-hybridized carbons (Fsp3) is 0.429. The van der Waals surface area contributed by atoms with Gasteiger partial charge in [-0.1, -0.05) is 62.7 Å². The Morgan fingerprint density at radius 2 is 1.71 bits per heavy atom. The number of alkyl halides is 7. The second-order valence-electron chi connectivity index (χ2n) is 14.0. The molecule has 0 unspecified atom stereocenters. The molecule has 0 aliphatic carbocycles. The Morgan fingerprint density at radius 1 is 1.00 bits per heavy atom. The molecule has 3 N–H and O–H groups in total. The summed E-state index contributed by atoms with van der Waals surface area (Å²) >= 11 is 6.43. The molecule has 1 aliphatic rings. The zero-order chi connectivity index (χ0) is 40.3. The summed E-state index contributed by atoms with van der Waals surface area (Å²) < 4.78 is 98.0. The van der Waals surface area contributed by atoms with Gasteiger partial charge < -0.3 is 15.8 Å². The molecule has 12 nitrogen and oxygen atoms in total. The van der Waals surface area contributed by atoms with E-state index in [9.17, 15) is 40.3 Å². The molecule has 5 rings (SSSR count). The van der Waals surface area contributed by atoms with Crippen molar-refractivity contribution in [2.45, 2.75) is 77.3 Å². The predicted octanol–water partition coefficient (Wildman–Crippen LogP) is 8.24. The van der Waals surface area contributed by atoms with Gasteiger partial charge in [-0.25, -0.2) is 19.5 Å². The van der Waals surface area contributed by atoms with E-state index in [0.717, 1.165) is 11.2 Å². The summed E-state index contributed by atoms with van der Waals surface area (Å²) in [6, 6.07) is 9.45. The number of hydrogen-bond acceptors (Lipinski definition) is 8. The number of amides is 2. The van der Waals surface area contributed by atoms with Gasteiger partial charge >= 0.3 is 25.4 Å². The summed E-state index contributed by atoms with van der Waals surface area (Å²) in [5.41, 5.74) is 5.91. The van der Waals surface area contributed by atoms with Crippen LogP contribution in [0.25, 0.3) is 22.5 Å². The monoisotopic (exact) mass is 799 g/mol. The van der Waals surface area contributed by atoms with Gasteiger partial charge in [-0.3, -0.25) is 9.69 Å². The number of guanidine groups is 1. The Morgan fingerprint density at radius 3 is 2.33 bits per heavy atom. The largest absolute Gasteiger partial charge is 0.447 e. The van der Waals surface area contributed by atoms with Gasteiger partial charge in [-0.05, 0) is 53.5 Å². The van der Waals surface area contributed by atoms with Gasteiger partial charge in [0.15, 0.2) is 17.3 Å². The van der Waals surface area contributed by atoms with E-state index >= 15 is 0 Å². The van der Waals surface area contributed by atoms with Crippen LogP contribution in [0.3, 0.4) is 0 Å². The van der Waals surface area contributed by atoms with Crippen molar-refractivity contribution in [2.75, 3.05) is 13.2 Å². The third kappa shape index (κ3) is 9.55. The molecule has 0 radical (unpaired) electrons. The molecule has 2 amide bonds. The Labute approximate surface area is 315 Å². The SMILES string of the molecule is CC(C)(C)C[C@]1(c2ccc(-c3cnn(C(F)F)c3)cc2)N=C(N)N([C@H](COC(=O)NCCCCC(F)(F)F)c2ccc(Cl)c(-c3ncnn3C(F)F)c2)C1=O. The highest BCUT2D eigenvalue weighted by Gasteiger charge is 2.53. The number of halogens is 8. The van der Waals surface area contributed by atoms with Gasteiger partial charge in [0.1, 0.15) is 12.9 Å². The molecule has 0 saturated carbocycles. The lowest BCUT2D eigenvalue weighted by Crippen LogP contribution is -2.47. The minimum atomic E-state index is -4.34. The summed E-state index contributed by atoms with van der Waals surface area (Å²) in [7, 11) is 0. The van der Waals surface area contributed by atoms with Gasteiger partial charge in [-0.2, -0.15) is 45.6 Å². The molecule has 0 spiro atoms. The maximum atomic E-state index is 14.9. The molecule has 2 atom stereocenters. The van der Waals surface area contributed by atoms with Gasteiger partial charge in [-0.15, -0.1) is 0 Å². The third-order valence-corrected chi connectivity index (χ3v) is 8.95. The molecule has 55 heavy (non-hydrogen) atoms. The number of rotatable bonds is 14. The Balaban J connectivity index is 1.51. The molecule has 1 aliphatic heterocycles. The van der Waals surface area contributed by atoms with Crippen LogP contribution in [-0.4, -0.2) is 66.7 Å². The van der Waals surface area contributed by atoms with E-state index in [1.54, 1.807) is 24.3 Å². The molecule has 3 heterocycles. The highest BCUT2D eigenvalue weighted by atomic mass is 35.5. The van der Waals surface area contributed by atoms with Crippen molar-refractivity contribution < 1.29 is 45.1 Å². The van der Waals surface area contributed by atoms with Crippen molar-refractivity contribution >= 4 is 29.6 Å². The number of alkyl carbamates (subject to hydrolysis) is 1. The molecule has 4 aromatic rings. The summed E-state index contributed by atoms with van der Waals surface area (Å²) in [4.78, 5) is 37.4. The number of carbonyl (C=O) groups is 2. The van der Waals surface area contributed by atoms with Crippen LogP contribution in [-0.2, 0) is 15.1 Å². The summed E-state index contributed by atoms with van der Waals surface area (Å²) in [5, 5.41) is 9.62. The van der Waals surface area contributed by atoms with Crippen LogP contribution >= 0.6 is 11.6 Å². The first-order chi connectivity index (χ1) is 25.8. The first-order valence-corrected chi connectivity index (χ1v) is 17.2. The highest BCUT2D eigenvalue weighted by molar-refractivity contribution is 6.33. The number of hydrogen-bond donors (Lipinski definition) is 2. The van der Waals surface area contributed by atoms with E-state index in [-0.39, 0.29) is 53.7 Å². The standard InChI is InChI=1S/C35H37ClF7N9O3/c1-33(2,3)18-34(23-9-6-20(7-10-23)22-15-47-50(16-22)29(37)38)28(53)51(31(44)49-34)26(17-55-32(54)45-13-5-4-12-35(41,42)43)21-8-11-25(36)24(14-21)27-46-19-48-52(27)30(39)40/h6-11,14-16,19,26,29-30H,4-5,12-13,17-18H2,1-3H3,(H2,44,49)(H,45,54)/t26-,34-/m1/s1. The molecular weight excluding hydrogens is 763 g/mol. The summed E-state index contributed by atoms with van der Waals surface area (Å²) in [6.45, 7) is -0.974. The zero-order valence-electron chi connectivity index (χ0n) is 29.7. The van der Waals surface area contributed by atoms with Crippen molar-refractivity contribution in [2.24, 2.45) is 16.1 Å². The topological polar surface area (TPSA) is 146 Å². The number of nitrogens with two attached hydrogens (primary N) is 1. The second-order valence-corrected chi connectivity index (χ2v) is 14.4. The summed E-state index contributed by atoms with van der Waals surface area (Å²) in [5.74, 6) is -1.20. The Hall–Kier alpha value is -5.20. The van der Waals surface area contributed by atoms with E-state index in [1.807, 2.05) is 20.8 Å². The highest BCUT2D eigenvalue weighted by Crippen LogP contribution is 2.45. The average Bonchev–Trinajstić information content (AvgIpc) is 3.84. The zero-order valence-corrected chi connectivity index (χ0v) is 30.5. The van der Waals surface area contributed by atoms with Crippen molar-refractivity contribution in [3.63, 3.8) is 0 Å². The molecule has 0 saturated heterocycles. The maximum Gasteiger partial charge on any atom is 0.407 e. The fourth-order valence-electron chi connectivity index (χ4n) is 6.28. The molecule has 0 bridgehead atoms. The van der Waals surface area contributed by atoms with E-state index in [1.165, 1.54) is 30.6 Å². The maximum absolute atomic E-state index is 14.9. The van der Waals surface area contributed by atoms with Crippen molar-refractivity contribution in [1.29, 1.82) is 0 Å². The molecule has 0 fully saturated rings. The number of benzene rings is 2. The van der Waals surface area contributed by atoms with E-state index < -0.39 is 61.3 Å². The van der Waals surface area contributed by atoms with Crippen LogP contribution in [0.2, 0.25) is 5.02 Å². The van der Waals surface area contributed by atoms with Crippen LogP contribution in [0.1, 0.15) is 76.7 Å². The lowest BCUT2D eigenvalue weighted by molar-refractivity contribution is -0.136. The number of aromatic nitrogens is 5. The number of nitrogens with zero attached hydrogens (tertiary/aromatic N) is 7. The van der Waals surface area contributed by atoms with Crippen LogP contribution in [0.15, 0.2) is 66.2 Å². The van der Waals surface area contributed by atoms with Gasteiger partial charge in [0.2, 0.25) is 0 Å². The number of unbranched alkanes of at least 4 members (excludes halogenated alkanes) is 1. The Bertz CT molecular complexity index is 2010. The molecule has 2 aromatic carbocycles. The molecular formula is C35H37ClF7N9O3. The lowest BCUT2D eigenvalue weighted by Gasteiger charge is -2.35. The van der Waals surface area contributed by atoms with Gasteiger partial charge in [0.05, 0.1) is 17.3 Å². The first-order valence-electron chi connectivity index (χ1n) is 16.9. The fourth-order valence-corrected chi connectivity index (χ4v) is 6.48. The average molecular weight is 800 g/mol. The van der Waals surface area contributed by atoms with Crippen LogP contribution in [0.5, 0.6) is 0 Å². The van der Waals surface area contributed by atoms with Crippen molar-refractivity contribution in [3.8, 4) is 22.5 Å².